The number of methoxy groups -OCH3 is 1. The molecule has 1 aliphatic heterocycles. The number of benzene rings is 1. The molecule has 0 aromatic heterocycles. The molecule has 1 aliphatic rings. The summed E-state index contributed by atoms with van der Waals surface area (Å²) < 4.78 is 55.6. The lowest BCUT2D eigenvalue weighted by Crippen LogP contribution is -2.40. The zero-order valence-corrected chi connectivity index (χ0v) is 16.1. The van der Waals surface area contributed by atoms with Crippen molar-refractivity contribution < 1.29 is 21.6 Å². The molecule has 7 nitrogen and oxygen atoms in total. The Kier molecular flexibility index (Phi) is 7.06. The molecule has 0 spiro atoms. The first-order valence-electron chi connectivity index (χ1n) is 7.28. The molecule has 1 fully saturated rings. The van der Waals surface area contributed by atoms with Gasteiger partial charge in [-0.1, -0.05) is 0 Å². The molecule has 2 N–H and O–H groups in total. The summed E-state index contributed by atoms with van der Waals surface area (Å²) in [5.74, 6) is 0.462. The molecule has 1 aromatic rings. The first-order valence-corrected chi connectivity index (χ1v) is 10.6. The van der Waals surface area contributed by atoms with Gasteiger partial charge in [-0.2, -0.15) is 4.31 Å². The minimum Gasteiger partial charge on any atom is -0.495 e. The van der Waals surface area contributed by atoms with Crippen molar-refractivity contribution in [3.05, 3.63) is 18.2 Å². The van der Waals surface area contributed by atoms with E-state index in [1.54, 1.807) is 0 Å². The first kappa shape index (κ1) is 21.2. The number of nitrogens with zero attached hydrogens (tertiary/aromatic N) is 1. The van der Waals surface area contributed by atoms with Crippen LogP contribution in [0.5, 0.6) is 5.75 Å². The molecule has 138 valence electrons. The van der Waals surface area contributed by atoms with E-state index < -0.39 is 19.9 Å². The minimum atomic E-state index is -3.82. The Labute approximate surface area is 149 Å². The van der Waals surface area contributed by atoms with Crippen LogP contribution in [0.25, 0.3) is 0 Å². The molecule has 0 aliphatic carbocycles. The molecule has 24 heavy (non-hydrogen) atoms. The minimum absolute atomic E-state index is 0. The topological polar surface area (TPSA) is 107 Å². The van der Waals surface area contributed by atoms with E-state index in [0.717, 1.165) is 6.26 Å². The number of piperidine rings is 1. The van der Waals surface area contributed by atoms with Crippen LogP contribution in [-0.4, -0.2) is 54.1 Å². The van der Waals surface area contributed by atoms with Gasteiger partial charge in [0.15, 0.2) is 9.84 Å². The van der Waals surface area contributed by atoms with Crippen LogP contribution >= 0.6 is 12.4 Å². The smallest absolute Gasteiger partial charge is 0.246 e. The fraction of sp³-hybridized carbons (Fsp3) is 0.571. The Balaban J connectivity index is 0.00000288. The van der Waals surface area contributed by atoms with Gasteiger partial charge in [0.05, 0.1) is 12.0 Å². The molecule has 0 saturated carbocycles. The number of halogens is 1. The van der Waals surface area contributed by atoms with Crippen molar-refractivity contribution in [2.24, 2.45) is 11.7 Å². The molecule has 0 amide bonds. The second-order valence-electron chi connectivity index (χ2n) is 5.67. The largest absolute Gasteiger partial charge is 0.495 e. The second kappa shape index (κ2) is 8.01. The van der Waals surface area contributed by atoms with Crippen molar-refractivity contribution in [2.45, 2.75) is 22.6 Å². The van der Waals surface area contributed by atoms with Crippen LogP contribution in [0, 0.1) is 5.92 Å². The molecule has 0 unspecified atom stereocenters. The molecule has 0 radical (unpaired) electrons. The third kappa shape index (κ3) is 4.40. The van der Waals surface area contributed by atoms with Gasteiger partial charge in [-0.3, -0.25) is 0 Å². The van der Waals surface area contributed by atoms with Crippen LogP contribution in [0.15, 0.2) is 28.0 Å². The molecular weight excluding hydrogens is 376 g/mol. The van der Waals surface area contributed by atoms with Gasteiger partial charge in [0.1, 0.15) is 10.6 Å². The van der Waals surface area contributed by atoms with Gasteiger partial charge in [0.25, 0.3) is 0 Å². The molecule has 10 heteroatoms. The highest BCUT2D eigenvalue weighted by Crippen LogP contribution is 2.31. The second-order valence-corrected chi connectivity index (χ2v) is 9.59. The summed E-state index contributed by atoms with van der Waals surface area (Å²) in [5, 5.41) is 0. The van der Waals surface area contributed by atoms with Crippen LogP contribution in [-0.2, 0) is 19.9 Å². The van der Waals surface area contributed by atoms with Crippen LogP contribution in [0.1, 0.15) is 12.8 Å². The molecule has 2 rings (SSSR count). The van der Waals surface area contributed by atoms with E-state index in [1.807, 2.05) is 0 Å². The standard InChI is InChI=1S/C14H22N2O5S2.ClH/c1-21-13-4-3-12(22(2,17)18)9-14(13)23(19,20)16-7-5-11(10-15)6-8-16;/h3-4,9,11H,5-8,10,15H2,1-2H3;1H. The zero-order valence-electron chi connectivity index (χ0n) is 13.6. The molecule has 1 aromatic carbocycles. The van der Waals surface area contributed by atoms with Gasteiger partial charge in [-0.15, -0.1) is 12.4 Å². The summed E-state index contributed by atoms with van der Waals surface area (Å²) in [6, 6.07) is 3.88. The predicted octanol–water partition coefficient (Wildman–Crippen LogP) is 0.880. The summed E-state index contributed by atoms with van der Waals surface area (Å²) in [5.41, 5.74) is 5.63. The van der Waals surface area contributed by atoms with E-state index in [9.17, 15) is 16.8 Å². The fourth-order valence-electron chi connectivity index (χ4n) is 2.61. The van der Waals surface area contributed by atoms with E-state index in [0.29, 0.717) is 38.4 Å². The monoisotopic (exact) mass is 398 g/mol. The highest BCUT2D eigenvalue weighted by Gasteiger charge is 2.32. The lowest BCUT2D eigenvalue weighted by molar-refractivity contribution is 0.277. The van der Waals surface area contributed by atoms with E-state index in [2.05, 4.69) is 0 Å². The normalized spacial score (nSPS) is 17.3. The van der Waals surface area contributed by atoms with Gasteiger partial charge < -0.3 is 10.5 Å². The van der Waals surface area contributed by atoms with Crippen molar-refractivity contribution >= 4 is 32.3 Å². The van der Waals surface area contributed by atoms with Crippen LogP contribution in [0.4, 0.5) is 0 Å². The van der Waals surface area contributed by atoms with E-state index in [4.69, 9.17) is 10.5 Å². The fourth-order valence-corrected chi connectivity index (χ4v) is 4.99. The summed E-state index contributed by atoms with van der Waals surface area (Å²) in [7, 11) is -5.97. The Morgan fingerprint density at radius 2 is 1.79 bits per heavy atom. The highest BCUT2D eigenvalue weighted by atomic mass is 35.5. The average Bonchev–Trinajstić information content (AvgIpc) is 2.53. The number of ether oxygens (including phenoxy) is 1. The first-order chi connectivity index (χ1) is 10.7. The zero-order chi connectivity index (χ0) is 17.3. The SMILES string of the molecule is COc1ccc(S(C)(=O)=O)cc1S(=O)(=O)N1CCC(CN)CC1.Cl. The van der Waals surface area contributed by atoms with Crippen molar-refractivity contribution in [3.8, 4) is 5.75 Å². The highest BCUT2D eigenvalue weighted by molar-refractivity contribution is 7.91. The Bertz CT molecular complexity index is 772. The number of hydrogen-bond acceptors (Lipinski definition) is 6. The molecule has 0 bridgehead atoms. The molecule has 1 heterocycles. The van der Waals surface area contributed by atoms with Crippen molar-refractivity contribution in [1.29, 1.82) is 0 Å². The predicted molar refractivity (Wildman–Crippen MR) is 93.9 cm³/mol. The Morgan fingerprint density at radius 1 is 1.21 bits per heavy atom. The van der Waals surface area contributed by atoms with E-state index in [-0.39, 0.29) is 27.9 Å². The maximum Gasteiger partial charge on any atom is 0.246 e. The van der Waals surface area contributed by atoms with Gasteiger partial charge in [0.2, 0.25) is 10.0 Å². The number of hydrogen-bond donors (Lipinski definition) is 1. The van der Waals surface area contributed by atoms with Crippen LogP contribution in [0.2, 0.25) is 0 Å². The third-order valence-corrected chi connectivity index (χ3v) is 7.12. The number of rotatable bonds is 5. The van der Waals surface area contributed by atoms with Gasteiger partial charge in [-0.05, 0) is 43.5 Å². The quantitative estimate of drug-likeness (QED) is 0.788. The van der Waals surface area contributed by atoms with Crippen LogP contribution in [0.3, 0.4) is 0 Å². The molecule has 1 saturated heterocycles. The van der Waals surface area contributed by atoms with Crippen molar-refractivity contribution in [1.82, 2.24) is 4.31 Å². The van der Waals surface area contributed by atoms with Crippen molar-refractivity contribution in [2.75, 3.05) is 33.0 Å². The average molecular weight is 399 g/mol. The van der Waals surface area contributed by atoms with Gasteiger partial charge in [-0.25, -0.2) is 16.8 Å². The van der Waals surface area contributed by atoms with Gasteiger partial charge in [0, 0.05) is 19.3 Å². The van der Waals surface area contributed by atoms with E-state index >= 15 is 0 Å². The van der Waals surface area contributed by atoms with E-state index in [1.165, 1.54) is 29.6 Å². The summed E-state index contributed by atoms with van der Waals surface area (Å²) in [6.45, 7) is 1.29. The van der Waals surface area contributed by atoms with Gasteiger partial charge >= 0.3 is 0 Å². The summed E-state index contributed by atoms with van der Waals surface area (Å²) >= 11 is 0. The number of nitrogens with two attached hydrogens (primary N) is 1. The summed E-state index contributed by atoms with van der Waals surface area (Å²) in [6.07, 6.45) is 2.44. The Morgan fingerprint density at radius 3 is 2.25 bits per heavy atom. The molecule has 0 atom stereocenters. The van der Waals surface area contributed by atoms with Crippen LogP contribution < -0.4 is 10.5 Å². The lowest BCUT2D eigenvalue weighted by atomic mass is 9.99. The number of sulfonamides is 1. The maximum atomic E-state index is 12.9. The lowest BCUT2D eigenvalue weighted by Gasteiger charge is -2.31. The number of sulfone groups is 1. The summed E-state index contributed by atoms with van der Waals surface area (Å²) in [4.78, 5) is -0.164. The Hall–Kier alpha value is -0.870. The van der Waals surface area contributed by atoms with Crippen molar-refractivity contribution in [3.63, 3.8) is 0 Å². The third-order valence-electron chi connectivity index (χ3n) is 4.09. The maximum absolute atomic E-state index is 12.9. The molecular formula is C14H23ClN2O5S2.